The third-order valence-electron chi connectivity index (χ3n) is 3.62. The summed E-state index contributed by atoms with van der Waals surface area (Å²) in [5, 5.41) is 0. The summed E-state index contributed by atoms with van der Waals surface area (Å²) < 4.78 is 11.3. The molecule has 19 heavy (non-hydrogen) atoms. The molecule has 1 fully saturated rings. The van der Waals surface area contributed by atoms with Crippen molar-refractivity contribution >= 4 is 11.5 Å². The smallest absolute Gasteiger partial charge is 0.161 e. The van der Waals surface area contributed by atoms with Gasteiger partial charge in [-0.25, -0.2) is 0 Å². The molecule has 0 saturated heterocycles. The summed E-state index contributed by atoms with van der Waals surface area (Å²) in [6.07, 6.45) is 4.61. The Balaban J connectivity index is 2.03. The maximum absolute atomic E-state index is 11.3. The summed E-state index contributed by atoms with van der Waals surface area (Å²) in [5.74, 6) is 0.699. The molecule has 2 unspecified atom stereocenters. The van der Waals surface area contributed by atoms with Crippen LogP contribution in [0.2, 0.25) is 0 Å². The molecule has 0 aliphatic heterocycles. The first-order chi connectivity index (χ1) is 9.10. The summed E-state index contributed by atoms with van der Waals surface area (Å²) in [4.78, 5) is 11.3. The zero-order valence-electron chi connectivity index (χ0n) is 11.5. The highest BCUT2D eigenvalue weighted by atomic mass is 16.5. The number of rotatable bonds is 4. The number of anilines is 1. The van der Waals surface area contributed by atoms with Crippen LogP contribution in [0.4, 0.5) is 5.69 Å². The fraction of sp³-hybridized carbons (Fsp3) is 0.533. The van der Waals surface area contributed by atoms with Crippen molar-refractivity contribution in [1.29, 1.82) is 0 Å². The Morgan fingerprint density at radius 3 is 2.68 bits per heavy atom. The summed E-state index contributed by atoms with van der Waals surface area (Å²) in [6, 6.07) is 5.26. The van der Waals surface area contributed by atoms with Gasteiger partial charge in [0, 0.05) is 30.8 Å². The molecule has 0 aromatic heterocycles. The SMILES string of the molecule is COC1CCCC(Oc2ccc(C(C)=O)c(N)c2)C1. The highest BCUT2D eigenvalue weighted by molar-refractivity contribution is 5.99. The highest BCUT2D eigenvalue weighted by Gasteiger charge is 2.23. The molecule has 104 valence electrons. The third kappa shape index (κ3) is 3.47. The fourth-order valence-corrected chi connectivity index (χ4v) is 2.55. The number of nitrogen functional groups attached to an aromatic ring is 1. The van der Waals surface area contributed by atoms with Crippen LogP contribution in [0.25, 0.3) is 0 Å². The second kappa shape index (κ2) is 6.06. The first kappa shape index (κ1) is 13.9. The van der Waals surface area contributed by atoms with Gasteiger partial charge < -0.3 is 15.2 Å². The van der Waals surface area contributed by atoms with E-state index in [4.69, 9.17) is 15.2 Å². The summed E-state index contributed by atoms with van der Waals surface area (Å²) >= 11 is 0. The molecule has 2 atom stereocenters. The molecular weight excluding hydrogens is 242 g/mol. The maximum atomic E-state index is 11.3. The van der Waals surface area contributed by atoms with Crippen LogP contribution in [-0.2, 0) is 4.74 Å². The number of ketones is 1. The number of Topliss-reactive ketones (excluding diaryl/α,β-unsaturated/α-hetero) is 1. The molecule has 0 radical (unpaired) electrons. The second-order valence-corrected chi connectivity index (χ2v) is 5.07. The Morgan fingerprint density at radius 2 is 2.05 bits per heavy atom. The van der Waals surface area contributed by atoms with Crippen molar-refractivity contribution in [3.63, 3.8) is 0 Å². The van der Waals surface area contributed by atoms with Gasteiger partial charge in [-0.3, -0.25) is 4.79 Å². The molecular formula is C15H21NO3. The van der Waals surface area contributed by atoms with Crippen molar-refractivity contribution < 1.29 is 14.3 Å². The summed E-state index contributed by atoms with van der Waals surface area (Å²) in [6.45, 7) is 1.51. The molecule has 1 aromatic rings. The third-order valence-corrected chi connectivity index (χ3v) is 3.62. The van der Waals surface area contributed by atoms with Crippen LogP contribution in [0.15, 0.2) is 18.2 Å². The van der Waals surface area contributed by atoms with Crippen LogP contribution in [0, 0.1) is 0 Å². The van der Waals surface area contributed by atoms with E-state index in [2.05, 4.69) is 0 Å². The van der Waals surface area contributed by atoms with Crippen molar-refractivity contribution in [3.8, 4) is 5.75 Å². The minimum atomic E-state index is -0.0267. The number of hydrogen-bond donors (Lipinski definition) is 1. The van der Waals surface area contributed by atoms with E-state index in [1.165, 1.54) is 6.92 Å². The Hall–Kier alpha value is -1.55. The van der Waals surface area contributed by atoms with E-state index in [9.17, 15) is 4.79 Å². The standard InChI is InChI=1S/C15H21NO3/c1-10(17)14-7-6-13(9-15(14)16)19-12-5-3-4-11(8-12)18-2/h6-7,9,11-12H,3-5,8,16H2,1-2H3. The van der Waals surface area contributed by atoms with E-state index in [0.29, 0.717) is 11.3 Å². The summed E-state index contributed by atoms with van der Waals surface area (Å²) in [7, 11) is 1.74. The lowest BCUT2D eigenvalue weighted by molar-refractivity contribution is 0.0210. The molecule has 0 heterocycles. The van der Waals surface area contributed by atoms with Crippen molar-refractivity contribution in [1.82, 2.24) is 0 Å². The first-order valence-electron chi connectivity index (χ1n) is 6.70. The number of carbonyl (C=O) groups excluding carboxylic acids is 1. The van der Waals surface area contributed by atoms with E-state index >= 15 is 0 Å². The molecule has 0 spiro atoms. The van der Waals surface area contributed by atoms with Crippen LogP contribution >= 0.6 is 0 Å². The lowest BCUT2D eigenvalue weighted by atomic mass is 9.95. The van der Waals surface area contributed by atoms with Gasteiger partial charge in [0.25, 0.3) is 0 Å². The fourth-order valence-electron chi connectivity index (χ4n) is 2.55. The molecule has 4 heteroatoms. The average molecular weight is 263 g/mol. The Morgan fingerprint density at radius 1 is 1.32 bits per heavy atom. The molecule has 4 nitrogen and oxygen atoms in total. The van der Waals surface area contributed by atoms with Crippen molar-refractivity contribution in [2.24, 2.45) is 0 Å². The van der Waals surface area contributed by atoms with Gasteiger partial charge >= 0.3 is 0 Å². The number of carbonyl (C=O) groups is 1. The van der Waals surface area contributed by atoms with Gasteiger partial charge in [-0.1, -0.05) is 0 Å². The van der Waals surface area contributed by atoms with E-state index in [0.717, 1.165) is 31.4 Å². The zero-order chi connectivity index (χ0) is 13.8. The van der Waals surface area contributed by atoms with Gasteiger partial charge in [0.1, 0.15) is 11.9 Å². The average Bonchev–Trinajstić information content (AvgIpc) is 2.38. The van der Waals surface area contributed by atoms with Gasteiger partial charge in [-0.05, 0) is 38.3 Å². The predicted molar refractivity (Wildman–Crippen MR) is 74.5 cm³/mol. The van der Waals surface area contributed by atoms with E-state index in [1.54, 1.807) is 19.2 Å². The van der Waals surface area contributed by atoms with Crippen LogP contribution in [0.5, 0.6) is 5.75 Å². The number of nitrogens with two attached hydrogens (primary N) is 1. The van der Waals surface area contributed by atoms with Gasteiger partial charge in [-0.15, -0.1) is 0 Å². The van der Waals surface area contributed by atoms with Crippen LogP contribution < -0.4 is 10.5 Å². The Kier molecular flexibility index (Phi) is 4.43. The van der Waals surface area contributed by atoms with E-state index in [1.807, 2.05) is 6.07 Å². The lowest BCUT2D eigenvalue weighted by Crippen LogP contribution is -2.29. The largest absolute Gasteiger partial charge is 0.490 e. The van der Waals surface area contributed by atoms with Gasteiger partial charge in [0.2, 0.25) is 0 Å². The van der Waals surface area contributed by atoms with Crippen molar-refractivity contribution in [2.45, 2.75) is 44.8 Å². The van der Waals surface area contributed by atoms with Gasteiger partial charge in [0.15, 0.2) is 5.78 Å². The Labute approximate surface area is 113 Å². The van der Waals surface area contributed by atoms with Gasteiger partial charge in [0.05, 0.1) is 6.10 Å². The predicted octanol–water partition coefficient (Wildman–Crippen LogP) is 2.81. The number of ether oxygens (including phenoxy) is 2. The minimum absolute atomic E-state index is 0.0267. The number of hydrogen-bond acceptors (Lipinski definition) is 4. The molecule has 2 N–H and O–H groups in total. The highest BCUT2D eigenvalue weighted by Crippen LogP contribution is 2.27. The number of methoxy groups -OCH3 is 1. The van der Waals surface area contributed by atoms with Crippen LogP contribution in [0.1, 0.15) is 43.0 Å². The lowest BCUT2D eigenvalue weighted by Gasteiger charge is -2.28. The minimum Gasteiger partial charge on any atom is -0.490 e. The van der Waals surface area contributed by atoms with Crippen LogP contribution in [0.3, 0.4) is 0 Å². The topological polar surface area (TPSA) is 61.5 Å². The maximum Gasteiger partial charge on any atom is 0.161 e. The zero-order valence-corrected chi connectivity index (χ0v) is 11.5. The Bertz CT molecular complexity index is 459. The molecule has 1 aliphatic rings. The molecule has 2 rings (SSSR count). The molecule has 1 aromatic carbocycles. The molecule has 1 saturated carbocycles. The molecule has 0 bridgehead atoms. The molecule has 1 aliphatic carbocycles. The van der Waals surface area contributed by atoms with E-state index in [-0.39, 0.29) is 18.0 Å². The quantitative estimate of drug-likeness (QED) is 0.670. The number of benzene rings is 1. The van der Waals surface area contributed by atoms with Gasteiger partial charge in [-0.2, -0.15) is 0 Å². The monoisotopic (exact) mass is 263 g/mol. The normalized spacial score (nSPS) is 23.1. The summed E-state index contributed by atoms with van der Waals surface area (Å²) in [5.41, 5.74) is 6.88. The molecule has 0 amide bonds. The van der Waals surface area contributed by atoms with E-state index < -0.39 is 0 Å². The first-order valence-corrected chi connectivity index (χ1v) is 6.70. The second-order valence-electron chi connectivity index (χ2n) is 5.07. The van der Waals surface area contributed by atoms with Crippen molar-refractivity contribution in [3.05, 3.63) is 23.8 Å². The van der Waals surface area contributed by atoms with Crippen molar-refractivity contribution in [2.75, 3.05) is 12.8 Å². The van der Waals surface area contributed by atoms with Crippen LogP contribution in [-0.4, -0.2) is 25.1 Å².